The molecule has 0 radical (unpaired) electrons. The van der Waals surface area contributed by atoms with Crippen LogP contribution in [-0.4, -0.2) is 29.3 Å². The van der Waals surface area contributed by atoms with Crippen LogP contribution in [0.2, 0.25) is 0 Å². The van der Waals surface area contributed by atoms with Gasteiger partial charge in [-0.2, -0.15) is 0 Å². The van der Waals surface area contributed by atoms with Gasteiger partial charge in [0.1, 0.15) is 11.4 Å². The molecule has 0 saturated carbocycles. The van der Waals surface area contributed by atoms with E-state index in [1.165, 1.54) is 30.3 Å². The maximum absolute atomic E-state index is 12.8. The van der Waals surface area contributed by atoms with Crippen LogP contribution in [0.3, 0.4) is 0 Å². The van der Waals surface area contributed by atoms with Gasteiger partial charge < -0.3 is 15.2 Å². The van der Waals surface area contributed by atoms with Crippen molar-refractivity contribution in [3.05, 3.63) is 41.2 Å². The zero-order chi connectivity index (χ0) is 16.0. The smallest absolute Gasteiger partial charge is 0.407 e. The predicted molar refractivity (Wildman–Crippen MR) is 76.2 cm³/mol. The Hall–Kier alpha value is -2.37. The van der Waals surface area contributed by atoms with Gasteiger partial charge in [0.25, 0.3) is 0 Å². The van der Waals surface area contributed by atoms with E-state index in [4.69, 9.17) is 9.84 Å². The quantitative estimate of drug-likeness (QED) is 0.837. The summed E-state index contributed by atoms with van der Waals surface area (Å²) >= 11 is 0. The van der Waals surface area contributed by atoms with Crippen molar-refractivity contribution >= 4 is 18.1 Å². The van der Waals surface area contributed by atoms with Crippen molar-refractivity contribution in [2.75, 3.05) is 6.54 Å². The summed E-state index contributed by atoms with van der Waals surface area (Å²) in [6.45, 7) is 4.93. The van der Waals surface area contributed by atoms with Gasteiger partial charge in [-0.1, -0.05) is 12.1 Å². The molecule has 0 spiro atoms. The summed E-state index contributed by atoms with van der Waals surface area (Å²) in [7, 11) is 0. The number of amides is 1. The van der Waals surface area contributed by atoms with Gasteiger partial charge in [0, 0.05) is 0 Å². The van der Waals surface area contributed by atoms with Crippen LogP contribution in [0.4, 0.5) is 9.18 Å². The maximum atomic E-state index is 12.8. The van der Waals surface area contributed by atoms with Crippen molar-refractivity contribution in [3.8, 4) is 0 Å². The molecular weight excluding hydrogens is 277 g/mol. The average Bonchev–Trinajstić information content (AvgIpc) is 2.34. The Labute approximate surface area is 122 Å². The SMILES string of the molecule is CC(C)(C)OC(=O)NC/C(=C\c1ccc(F)cc1)C(=O)O. The van der Waals surface area contributed by atoms with E-state index in [1.807, 2.05) is 0 Å². The molecule has 114 valence electrons. The number of carbonyl (C=O) groups is 2. The standard InChI is InChI=1S/C15H18FNO4/c1-15(2,3)21-14(20)17-9-11(13(18)19)8-10-4-6-12(16)7-5-10/h4-8H,9H2,1-3H3,(H,17,20)(H,18,19)/b11-8+. The molecule has 0 aliphatic rings. The molecule has 0 atom stereocenters. The summed E-state index contributed by atoms with van der Waals surface area (Å²) in [6, 6.07) is 5.36. The Morgan fingerprint density at radius 2 is 1.86 bits per heavy atom. The molecule has 0 aliphatic carbocycles. The van der Waals surface area contributed by atoms with E-state index in [9.17, 15) is 14.0 Å². The number of carbonyl (C=O) groups excluding carboxylic acids is 1. The molecule has 1 aromatic carbocycles. The number of rotatable bonds is 4. The van der Waals surface area contributed by atoms with Gasteiger partial charge in [0.15, 0.2) is 0 Å². The summed E-state index contributed by atoms with van der Waals surface area (Å²) < 4.78 is 17.8. The lowest BCUT2D eigenvalue weighted by molar-refractivity contribution is -0.132. The number of hydrogen-bond donors (Lipinski definition) is 2. The van der Waals surface area contributed by atoms with Crippen molar-refractivity contribution in [3.63, 3.8) is 0 Å². The van der Waals surface area contributed by atoms with Crippen LogP contribution in [-0.2, 0) is 9.53 Å². The lowest BCUT2D eigenvalue weighted by atomic mass is 10.1. The Bertz CT molecular complexity index is 544. The number of ether oxygens (including phenoxy) is 1. The van der Waals surface area contributed by atoms with Gasteiger partial charge >= 0.3 is 12.1 Å². The van der Waals surface area contributed by atoms with Gasteiger partial charge in [0.2, 0.25) is 0 Å². The van der Waals surface area contributed by atoms with E-state index in [2.05, 4.69) is 5.32 Å². The molecule has 21 heavy (non-hydrogen) atoms. The summed E-state index contributed by atoms with van der Waals surface area (Å²) in [6.07, 6.45) is 0.660. The monoisotopic (exact) mass is 295 g/mol. The highest BCUT2D eigenvalue weighted by Crippen LogP contribution is 2.09. The molecule has 0 unspecified atom stereocenters. The maximum Gasteiger partial charge on any atom is 0.407 e. The number of halogens is 1. The fraction of sp³-hybridized carbons (Fsp3) is 0.333. The number of nitrogens with one attached hydrogen (secondary N) is 1. The van der Waals surface area contributed by atoms with Crippen molar-refractivity contribution in [1.29, 1.82) is 0 Å². The molecule has 1 rings (SSSR count). The summed E-state index contributed by atoms with van der Waals surface area (Å²) in [5, 5.41) is 11.5. The molecule has 5 nitrogen and oxygen atoms in total. The van der Waals surface area contributed by atoms with E-state index < -0.39 is 23.5 Å². The Kier molecular flexibility index (Phi) is 5.46. The van der Waals surface area contributed by atoms with Crippen molar-refractivity contribution in [2.24, 2.45) is 0 Å². The largest absolute Gasteiger partial charge is 0.478 e. The van der Waals surface area contributed by atoms with Crippen molar-refractivity contribution in [2.45, 2.75) is 26.4 Å². The molecule has 0 aromatic heterocycles. The number of hydrogen-bond acceptors (Lipinski definition) is 3. The molecule has 1 amide bonds. The first-order valence-electron chi connectivity index (χ1n) is 6.33. The summed E-state index contributed by atoms with van der Waals surface area (Å²) in [5.74, 6) is -1.58. The normalized spacial score (nSPS) is 11.9. The van der Waals surface area contributed by atoms with Crippen LogP contribution in [0, 0.1) is 5.82 Å². The van der Waals surface area contributed by atoms with E-state index >= 15 is 0 Å². The van der Waals surface area contributed by atoms with E-state index in [1.54, 1.807) is 20.8 Å². The number of aliphatic carboxylic acids is 1. The molecule has 0 saturated heterocycles. The zero-order valence-corrected chi connectivity index (χ0v) is 12.1. The second-order valence-corrected chi connectivity index (χ2v) is 5.38. The third-order valence-electron chi connectivity index (χ3n) is 2.31. The Morgan fingerprint density at radius 3 is 2.33 bits per heavy atom. The molecule has 6 heteroatoms. The van der Waals surface area contributed by atoms with Crippen LogP contribution in [0.25, 0.3) is 6.08 Å². The fourth-order valence-electron chi connectivity index (χ4n) is 1.43. The summed E-state index contributed by atoms with van der Waals surface area (Å²) in [4.78, 5) is 22.6. The number of carboxylic acid groups (broad SMARTS) is 1. The van der Waals surface area contributed by atoms with Crippen LogP contribution in [0.1, 0.15) is 26.3 Å². The van der Waals surface area contributed by atoms with Gasteiger partial charge in [-0.15, -0.1) is 0 Å². The molecule has 2 N–H and O–H groups in total. The van der Waals surface area contributed by atoms with Gasteiger partial charge in [-0.25, -0.2) is 14.0 Å². The number of alkyl carbamates (subject to hydrolysis) is 1. The Balaban J connectivity index is 2.73. The van der Waals surface area contributed by atoms with Crippen LogP contribution < -0.4 is 5.32 Å². The van der Waals surface area contributed by atoms with Gasteiger partial charge in [-0.3, -0.25) is 0 Å². The van der Waals surface area contributed by atoms with Gasteiger partial charge in [-0.05, 0) is 44.5 Å². The highest BCUT2D eigenvalue weighted by atomic mass is 19.1. The van der Waals surface area contributed by atoms with E-state index in [0.717, 1.165) is 0 Å². The topological polar surface area (TPSA) is 75.6 Å². The first kappa shape index (κ1) is 16.7. The molecular formula is C15H18FNO4. The Morgan fingerprint density at radius 1 is 1.29 bits per heavy atom. The lowest BCUT2D eigenvalue weighted by Gasteiger charge is -2.19. The van der Waals surface area contributed by atoms with Crippen molar-refractivity contribution in [1.82, 2.24) is 5.32 Å². The molecule has 0 bridgehead atoms. The lowest BCUT2D eigenvalue weighted by Crippen LogP contribution is -2.34. The highest BCUT2D eigenvalue weighted by Gasteiger charge is 2.17. The third kappa shape index (κ3) is 6.56. The van der Waals surface area contributed by atoms with Crippen LogP contribution in [0.5, 0.6) is 0 Å². The van der Waals surface area contributed by atoms with E-state index in [-0.39, 0.29) is 12.1 Å². The number of carboxylic acids is 1. The minimum Gasteiger partial charge on any atom is -0.478 e. The van der Waals surface area contributed by atoms with Crippen molar-refractivity contribution < 1.29 is 23.8 Å². The molecule has 0 aliphatic heterocycles. The highest BCUT2D eigenvalue weighted by molar-refractivity contribution is 5.93. The predicted octanol–water partition coefficient (Wildman–Crippen LogP) is 2.82. The average molecular weight is 295 g/mol. The minimum absolute atomic E-state index is 0.0348. The first-order chi connectivity index (χ1) is 9.67. The molecule has 1 aromatic rings. The molecule has 0 fully saturated rings. The second-order valence-electron chi connectivity index (χ2n) is 5.38. The number of benzene rings is 1. The fourth-order valence-corrected chi connectivity index (χ4v) is 1.43. The van der Waals surface area contributed by atoms with E-state index in [0.29, 0.717) is 5.56 Å². The first-order valence-corrected chi connectivity index (χ1v) is 6.33. The second kappa shape index (κ2) is 6.88. The molecule has 0 heterocycles. The van der Waals surface area contributed by atoms with Crippen LogP contribution >= 0.6 is 0 Å². The minimum atomic E-state index is -1.17. The van der Waals surface area contributed by atoms with Crippen LogP contribution in [0.15, 0.2) is 29.8 Å². The van der Waals surface area contributed by atoms with Gasteiger partial charge in [0.05, 0.1) is 12.1 Å². The zero-order valence-electron chi connectivity index (χ0n) is 12.1. The third-order valence-corrected chi connectivity index (χ3v) is 2.31. The summed E-state index contributed by atoms with van der Waals surface area (Å²) in [5.41, 5.74) is -0.166.